The van der Waals surface area contributed by atoms with E-state index in [1.54, 1.807) is 18.2 Å². The van der Waals surface area contributed by atoms with Gasteiger partial charge in [0.25, 0.3) is 5.91 Å². The molecule has 0 aromatic heterocycles. The van der Waals surface area contributed by atoms with E-state index >= 15 is 0 Å². The molecule has 1 aromatic rings. The molecule has 1 aliphatic carbocycles. The number of benzene rings is 1. The number of carbonyl (C=O) groups is 1. The zero-order chi connectivity index (χ0) is 19.6. The largest absolute Gasteiger partial charge is 0.285 e. The first-order valence-electron chi connectivity index (χ1n) is 9.39. The number of amides is 1. The molecule has 2 fully saturated rings. The SMILES string of the molecule is CC1CCCC(C)N1NC(=O)/C=C/C=C/C1(F)CC1c1ccc(Br)c(Br)c1. The van der Waals surface area contributed by atoms with Crippen LogP contribution < -0.4 is 5.43 Å². The van der Waals surface area contributed by atoms with Crippen LogP contribution in [0.3, 0.4) is 0 Å². The summed E-state index contributed by atoms with van der Waals surface area (Å²) < 4.78 is 16.7. The second kappa shape index (κ2) is 8.58. The Morgan fingerprint density at radius 3 is 2.59 bits per heavy atom. The maximum atomic E-state index is 14.8. The first-order valence-corrected chi connectivity index (χ1v) is 11.0. The maximum absolute atomic E-state index is 14.8. The molecule has 4 atom stereocenters. The topological polar surface area (TPSA) is 32.3 Å². The Labute approximate surface area is 177 Å². The lowest BCUT2D eigenvalue weighted by atomic mass is 10.00. The number of allylic oxidation sites excluding steroid dienone is 3. The third-order valence-electron chi connectivity index (χ3n) is 5.45. The normalized spacial score (nSPS) is 31.5. The molecule has 3 nitrogen and oxygen atoms in total. The third kappa shape index (κ3) is 5.09. The van der Waals surface area contributed by atoms with E-state index in [2.05, 4.69) is 51.1 Å². The summed E-state index contributed by atoms with van der Waals surface area (Å²) in [5.74, 6) is -0.298. The van der Waals surface area contributed by atoms with Crippen LogP contribution in [-0.2, 0) is 4.79 Å². The predicted molar refractivity (Wildman–Crippen MR) is 114 cm³/mol. The Morgan fingerprint density at radius 1 is 1.22 bits per heavy atom. The average Bonchev–Trinajstić information content (AvgIpc) is 3.29. The number of hydrogen-bond acceptors (Lipinski definition) is 2. The van der Waals surface area contributed by atoms with Crippen molar-refractivity contribution in [3.8, 4) is 0 Å². The third-order valence-corrected chi connectivity index (χ3v) is 7.33. The van der Waals surface area contributed by atoms with Crippen molar-refractivity contribution in [3.05, 3.63) is 57.0 Å². The van der Waals surface area contributed by atoms with Crippen molar-refractivity contribution in [2.75, 3.05) is 0 Å². The second-order valence-electron chi connectivity index (χ2n) is 7.59. The van der Waals surface area contributed by atoms with E-state index in [1.807, 2.05) is 23.2 Å². The van der Waals surface area contributed by atoms with Gasteiger partial charge in [0.2, 0.25) is 0 Å². The highest BCUT2D eigenvalue weighted by atomic mass is 79.9. The first-order chi connectivity index (χ1) is 12.8. The van der Waals surface area contributed by atoms with Gasteiger partial charge >= 0.3 is 0 Å². The second-order valence-corrected chi connectivity index (χ2v) is 9.30. The van der Waals surface area contributed by atoms with Gasteiger partial charge in [0.15, 0.2) is 0 Å². The minimum Gasteiger partial charge on any atom is -0.285 e. The molecule has 3 rings (SSSR count). The Hall–Kier alpha value is -0.980. The number of piperidine rings is 1. The van der Waals surface area contributed by atoms with Gasteiger partial charge in [-0.3, -0.25) is 10.2 Å². The van der Waals surface area contributed by atoms with E-state index in [9.17, 15) is 9.18 Å². The van der Waals surface area contributed by atoms with E-state index in [1.165, 1.54) is 12.5 Å². The van der Waals surface area contributed by atoms with E-state index in [-0.39, 0.29) is 11.8 Å². The molecule has 1 aromatic carbocycles. The molecule has 1 amide bonds. The van der Waals surface area contributed by atoms with Crippen LogP contribution in [0.25, 0.3) is 0 Å². The smallest absolute Gasteiger partial charge is 0.258 e. The standard InChI is InChI=1S/C21H25Br2FN2O/c1-14-6-5-7-15(2)26(14)25-20(27)8-3-4-11-21(24)13-17(21)16-9-10-18(22)19(23)12-16/h3-4,8-12,14-15,17H,5-7,13H2,1-2H3,(H,25,27)/b8-3+,11-4+. The fourth-order valence-electron chi connectivity index (χ4n) is 3.73. The number of halogens is 3. The van der Waals surface area contributed by atoms with Crippen LogP contribution in [0.4, 0.5) is 4.39 Å². The molecule has 0 spiro atoms. The molecule has 1 saturated heterocycles. The summed E-state index contributed by atoms with van der Waals surface area (Å²) in [6.45, 7) is 4.25. The zero-order valence-corrected chi connectivity index (χ0v) is 18.8. The molecule has 1 heterocycles. The summed E-state index contributed by atoms with van der Waals surface area (Å²) in [5, 5.41) is 2.03. The van der Waals surface area contributed by atoms with Gasteiger partial charge in [0.1, 0.15) is 5.67 Å². The lowest BCUT2D eigenvalue weighted by molar-refractivity contribution is -0.124. The summed E-state index contributed by atoms with van der Waals surface area (Å²) in [4.78, 5) is 12.1. The molecule has 6 heteroatoms. The Bertz CT molecular complexity index is 757. The van der Waals surface area contributed by atoms with Crippen LogP contribution in [0.15, 0.2) is 51.4 Å². The van der Waals surface area contributed by atoms with E-state index in [0.717, 1.165) is 27.4 Å². The van der Waals surface area contributed by atoms with Crippen molar-refractivity contribution >= 4 is 37.8 Å². The first kappa shape index (κ1) is 20.7. The average molecular weight is 500 g/mol. The Balaban J connectivity index is 1.52. The summed E-state index contributed by atoms with van der Waals surface area (Å²) in [6.07, 6.45) is 10.1. The minimum atomic E-state index is -1.33. The maximum Gasteiger partial charge on any atom is 0.258 e. The summed E-state index contributed by atoms with van der Waals surface area (Å²) in [7, 11) is 0. The molecular weight excluding hydrogens is 475 g/mol. The van der Waals surface area contributed by atoms with Gasteiger partial charge in [-0.1, -0.05) is 24.6 Å². The number of nitrogens with one attached hydrogen (secondary N) is 1. The molecule has 4 unspecified atom stereocenters. The lowest BCUT2D eigenvalue weighted by Crippen LogP contribution is -2.53. The van der Waals surface area contributed by atoms with Crippen molar-refractivity contribution < 1.29 is 9.18 Å². The van der Waals surface area contributed by atoms with Gasteiger partial charge < -0.3 is 0 Å². The lowest BCUT2D eigenvalue weighted by Gasteiger charge is -2.38. The van der Waals surface area contributed by atoms with Crippen molar-refractivity contribution in [3.63, 3.8) is 0 Å². The van der Waals surface area contributed by atoms with Gasteiger partial charge in [-0.25, -0.2) is 9.40 Å². The van der Waals surface area contributed by atoms with Crippen molar-refractivity contribution in [2.24, 2.45) is 0 Å². The van der Waals surface area contributed by atoms with Gasteiger partial charge in [-0.15, -0.1) is 0 Å². The van der Waals surface area contributed by atoms with Crippen LogP contribution >= 0.6 is 31.9 Å². The predicted octanol–water partition coefficient (Wildman–Crippen LogP) is 5.81. The molecule has 2 aliphatic rings. The molecule has 0 bridgehead atoms. The van der Waals surface area contributed by atoms with Crippen molar-refractivity contribution in [2.45, 2.75) is 63.2 Å². The number of rotatable bonds is 5. The molecule has 1 saturated carbocycles. The van der Waals surface area contributed by atoms with Gasteiger partial charge in [0, 0.05) is 33.0 Å². The Morgan fingerprint density at radius 2 is 1.93 bits per heavy atom. The number of hydrogen-bond donors (Lipinski definition) is 1. The van der Waals surface area contributed by atoms with E-state index in [0.29, 0.717) is 18.5 Å². The number of carbonyl (C=O) groups excluding carboxylic acids is 1. The monoisotopic (exact) mass is 498 g/mol. The quantitative estimate of drug-likeness (QED) is 0.409. The highest BCUT2D eigenvalue weighted by molar-refractivity contribution is 9.13. The Kier molecular flexibility index (Phi) is 6.59. The van der Waals surface area contributed by atoms with Gasteiger partial charge in [0.05, 0.1) is 0 Å². The number of alkyl halides is 1. The van der Waals surface area contributed by atoms with Crippen molar-refractivity contribution in [1.82, 2.24) is 10.4 Å². The van der Waals surface area contributed by atoms with Crippen LogP contribution in [0.1, 0.15) is 51.0 Å². The van der Waals surface area contributed by atoms with Crippen LogP contribution in [0.2, 0.25) is 0 Å². The van der Waals surface area contributed by atoms with Gasteiger partial charge in [-0.05, 0) is 88.7 Å². The molecule has 0 radical (unpaired) electrons. The molecule has 27 heavy (non-hydrogen) atoms. The zero-order valence-electron chi connectivity index (χ0n) is 15.6. The summed E-state index contributed by atoms with van der Waals surface area (Å²) in [5.41, 5.74) is 2.60. The molecule has 1 aliphatic heterocycles. The van der Waals surface area contributed by atoms with Crippen molar-refractivity contribution in [1.29, 1.82) is 0 Å². The summed E-state index contributed by atoms with van der Waals surface area (Å²) in [6, 6.07) is 6.50. The fourth-order valence-corrected chi connectivity index (χ4v) is 4.37. The van der Waals surface area contributed by atoms with Crippen LogP contribution in [0, 0.1) is 0 Å². The van der Waals surface area contributed by atoms with Crippen LogP contribution in [-0.4, -0.2) is 28.7 Å². The molecule has 1 N–H and O–H groups in total. The molecule has 146 valence electrons. The van der Waals surface area contributed by atoms with Gasteiger partial charge in [-0.2, -0.15) is 0 Å². The van der Waals surface area contributed by atoms with E-state index in [4.69, 9.17) is 0 Å². The van der Waals surface area contributed by atoms with E-state index < -0.39 is 5.67 Å². The highest BCUT2D eigenvalue weighted by Gasteiger charge is 2.54. The fraction of sp³-hybridized carbons (Fsp3) is 0.476. The van der Waals surface area contributed by atoms with Crippen LogP contribution in [0.5, 0.6) is 0 Å². The summed E-state index contributed by atoms with van der Waals surface area (Å²) >= 11 is 6.89. The number of hydrazine groups is 1. The molecular formula is C21H25Br2FN2O. The highest BCUT2D eigenvalue weighted by Crippen LogP contribution is 2.56. The minimum absolute atomic E-state index is 0.129. The number of nitrogens with zero attached hydrogens (tertiary/aromatic N) is 1.